The minimum Gasteiger partial charge on any atom is -0.387 e. The van der Waals surface area contributed by atoms with Crippen LogP contribution in [0.4, 0.5) is 0 Å². The van der Waals surface area contributed by atoms with Gasteiger partial charge in [0.2, 0.25) is 0 Å². The summed E-state index contributed by atoms with van der Waals surface area (Å²) in [6, 6.07) is 6.32. The molecule has 0 saturated carbocycles. The fourth-order valence-electron chi connectivity index (χ4n) is 4.01. The third-order valence-electron chi connectivity index (χ3n) is 5.08. The summed E-state index contributed by atoms with van der Waals surface area (Å²) in [5, 5.41) is 11.0. The summed E-state index contributed by atoms with van der Waals surface area (Å²) in [6.07, 6.45) is 4.56. The van der Waals surface area contributed by atoms with Gasteiger partial charge in [-0.15, -0.1) is 0 Å². The molecule has 0 radical (unpaired) electrons. The minimum absolute atomic E-state index is 0.547. The van der Waals surface area contributed by atoms with E-state index in [4.69, 9.17) is 0 Å². The maximum Gasteiger partial charge on any atom is 0.105 e. The molecule has 0 amide bonds. The number of aliphatic hydroxyl groups is 1. The predicted molar refractivity (Wildman–Crippen MR) is 92.5 cm³/mol. The van der Waals surface area contributed by atoms with Gasteiger partial charge in [0.15, 0.2) is 0 Å². The highest BCUT2D eigenvalue weighted by Crippen LogP contribution is 2.25. The monoisotopic (exact) mass is 332 g/mol. The minimum atomic E-state index is -0.547. The molecule has 23 heavy (non-hydrogen) atoms. The first-order valence-electron chi connectivity index (χ1n) is 8.59. The first kappa shape index (κ1) is 15.4. The van der Waals surface area contributed by atoms with Crippen molar-refractivity contribution >= 4 is 22.8 Å². The van der Waals surface area contributed by atoms with Crippen molar-refractivity contribution in [3.05, 3.63) is 23.8 Å². The van der Waals surface area contributed by atoms with E-state index < -0.39 is 5.60 Å². The summed E-state index contributed by atoms with van der Waals surface area (Å²) >= 11 is 1.27. The Morgan fingerprint density at radius 2 is 1.83 bits per heavy atom. The Morgan fingerprint density at radius 3 is 2.70 bits per heavy atom. The Morgan fingerprint density at radius 1 is 1.04 bits per heavy atom. The smallest absolute Gasteiger partial charge is 0.105 e. The molecule has 124 valence electrons. The lowest BCUT2D eigenvalue weighted by atomic mass is 9.92. The van der Waals surface area contributed by atoms with Crippen LogP contribution in [0, 0.1) is 0 Å². The van der Waals surface area contributed by atoms with Crippen LogP contribution >= 0.6 is 11.7 Å². The Balaban J connectivity index is 1.41. The zero-order valence-electron chi connectivity index (χ0n) is 13.4. The molecule has 1 N–H and O–H groups in total. The number of nitrogens with zero attached hydrogens (tertiary/aromatic N) is 4. The summed E-state index contributed by atoms with van der Waals surface area (Å²) in [5.74, 6) is 0. The standard InChI is InChI=1S/C17H24N4OS/c22-17(12-20-7-1-2-8-20)6-3-9-21(13-17)11-14-4-5-15-16(10-14)19-23-18-15/h4-5,10,22H,1-3,6-9,11-13H2/t17-/m0/s1. The van der Waals surface area contributed by atoms with Crippen LogP contribution < -0.4 is 0 Å². The van der Waals surface area contributed by atoms with Crippen molar-refractivity contribution in [3.8, 4) is 0 Å². The van der Waals surface area contributed by atoms with Gasteiger partial charge in [-0.25, -0.2) is 0 Å². The first-order valence-corrected chi connectivity index (χ1v) is 9.32. The van der Waals surface area contributed by atoms with Gasteiger partial charge in [-0.3, -0.25) is 4.90 Å². The van der Waals surface area contributed by atoms with Crippen LogP contribution in [-0.4, -0.2) is 62.0 Å². The number of benzene rings is 1. The van der Waals surface area contributed by atoms with Gasteiger partial charge in [-0.05, 0) is 63.0 Å². The lowest BCUT2D eigenvalue weighted by Crippen LogP contribution is -2.53. The van der Waals surface area contributed by atoms with Gasteiger partial charge in [0.05, 0.1) is 17.3 Å². The largest absolute Gasteiger partial charge is 0.387 e. The Bertz CT molecular complexity index is 669. The zero-order valence-corrected chi connectivity index (χ0v) is 14.3. The van der Waals surface area contributed by atoms with E-state index in [0.717, 1.165) is 63.1 Å². The summed E-state index contributed by atoms with van der Waals surface area (Å²) in [4.78, 5) is 4.82. The topological polar surface area (TPSA) is 52.5 Å². The van der Waals surface area contributed by atoms with Crippen molar-refractivity contribution in [2.45, 2.75) is 37.8 Å². The second kappa shape index (κ2) is 6.43. The molecule has 2 aliphatic heterocycles. The predicted octanol–water partition coefficient (Wildman–Crippen LogP) is 2.11. The first-order chi connectivity index (χ1) is 11.2. The molecule has 1 aromatic carbocycles. The third-order valence-corrected chi connectivity index (χ3v) is 5.63. The fraction of sp³-hybridized carbons (Fsp3) is 0.647. The number of β-amino-alcohol motifs (C(OH)–C–C–N with tert-alkyl or cyclic N) is 1. The third kappa shape index (κ3) is 3.55. The van der Waals surface area contributed by atoms with Gasteiger partial charge in [0.1, 0.15) is 11.0 Å². The van der Waals surface area contributed by atoms with E-state index in [1.54, 1.807) is 0 Å². The molecule has 6 heteroatoms. The molecular formula is C17H24N4OS. The average molecular weight is 332 g/mol. The van der Waals surface area contributed by atoms with Gasteiger partial charge in [0, 0.05) is 19.6 Å². The summed E-state index contributed by atoms with van der Waals surface area (Å²) in [6.45, 7) is 5.85. The maximum atomic E-state index is 11.0. The van der Waals surface area contributed by atoms with Gasteiger partial charge in [-0.1, -0.05) is 6.07 Å². The normalized spacial score (nSPS) is 27.0. The maximum absolute atomic E-state index is 11.0. The van der Waals surface area contributed by atoms with Crippen molar-refractivity contribution in [1.82, 2.24) is 18.5 Å². The number of hydrogen-bond acceptors (Lipinski definition) is 6. The summed E-state index contributed by atoms with van der Waals surface area (Å²) in [7, 11) is 0. The van der Waals surface area contributed by atoms with Crippen molar-refractivity contribution < 1.29 is 5.11 Å². The van der Waals surface area contributed by atoms with Gasteiger partial charge in [0.25, 0.3) is 0 Å². The van der Waals surface area contributed by atoms with Crippen molar-refractivity contribution in [2.24, 2.45) is 0 Å². The molecule has 4 rings (SSSR count). The van der Waals surface area contributed by atoms with E-state index in [2.05, 4.69) is 36.7 Å². The molecule has 2 aliphatic rings. The number of hydrogen-bond donors (Lipinski definition) is 1. The lowest BCUT2D eigenvalue weighted by molar-refractivity contribution is -0.0519. The van der Waals surface area contributed by atoms with E-state index in [1.807, 2.05) is 0 Å². The van der Waals surface area contributed by atoms with Gasteiger partial charge >= 0.3 is 0 Å². The van der Waals surface area contributed by atoms with Crippen LogP contribution in [0.2, 0.25) is 0 Å². The molecule has 0 spiro atoms. The number of aromatic nitrogens is 2. The second-order valence-corrected chi connectivity index (χ2v) is 7.64. The van der Waals surface area contributed by atoms with Crippen LogP contribution in [0.25, 0.3) is 11.0 Å². The van der Waals surface area contributed by atoms with E-state index in [9.17, 15) is 5.11 Å². The summed E-state index contributed by atoms with van der Waals surface area (Å²) in [5.41, 5.74) is 2.67. The molecule has 1 aromatic heterocycles. The molecule has 2 saturated heterocycles. The molecule has 0 unspecified atom stereocenters. The Hall–Kier alpha value is -1.08. The summed E-state index contributed by atoms with van der Waals surface area (Å²) < 4.78 is 8.58. The fourth-order valence-corrected chi connectivity index (χ4v) is 4.53. The molecule has 5 nitrogen and oxygen atoms in total. The van der Waals surface area contributed by atoms with Crippen LogP contribution in [0.15, 0.2) is 18.2 Å². The molecule has 0 bridgehead atoms. The molecule has 2 fully saturated rings. The highest BCUT2D eigenvalue weighted by atomic mass is 32.1. The van der Waals surface area contributed by atoms with Crippen molar-refractivity contribution in [1.29, 1.82) is 0 Å². The SMILES string of the molecule is O[C@]1(CN2CCCC2)CCCN(Cc2ccc3nsnc3c2)C1. The number of rotatable bonds is 4. The number of piperidine rings is 1. The van der Waals surface area contributed by atoms with Crippen LogP contribution in [0.1, 0.15) is 31.2 Å². The molecular weight excluding hydrogens is 308 g/mol. The van der Waals surface area contributed by atoms with Crippen LogP contribution in [0.3, 0.4) is 0 Å². The second-order valence-electron chi connectivity index (χ2n) is 7.11. The van der Waals surface area contributed by atoms with E-state index in [0.29, 0.717) is 0 Å². The average Bonchev–Trinajstić information content (AvgIpc) is 3.17. The van der Waals surface area contributed by atoms with Gasteiger partial charge in [-0.2, -0.15) is 8.75 Å². The number of likely N-dealkylation sites (tertiary alicyclic amines) is 2. The van der Waals surface area contributed by atoms with Crippen molar-refractivity contribution in [3.63, 3.8) is 0 Å². The molecule has 0 aliphatic carbocycles. The van der Waals surface area contributed by atoms with E-state index in [-0.39, 0.29) is 0 Å². The van der Waals surface area contributed by atoms with Crippen molar-refractivity contribution in [2.75, 3.05) is 32.7 Å². The Kier molecular flexibility index (Phi) is 4.32. The molecule has 2 aromatic rings. The van der Waals surface area contributed by atoms with E-state index in [1.165, 1.54) is 30.1 Å². The zero-order chi connectivity index (χ0) is 15.7. The quantitative estimate of drug-likeness (QED) is 0.929. The Labute approximate surface area is 141 Å². The van der Waals surface area contributed by atoms with E-state index >= 15 is 0 Å². The molecule has 1 atom stereocenters. The van der Waals surface area contributed by atoms with Crippen LogP contribution in [0.5, 0.6) is 0 Å². The van der Waals surface area contributed by atoms with Crippen LogP contribution in [-0.2, 0) is 6.54 Å². The highest BCUT2D eigenvalue weighted by molar-refractivity contribution is 7.00. The highest BCUT2D eigenvalue weighted by Gasteiger charge is 2.35. The molecule has 3 heterocycles. The lowest BCUT2D eigenvalue weighted by Gasteiger charge is -2.41. The number of fused-ring (bicyclic) bond motifs is 1. The van der Waals surface area contributed by atoms with Gasteiger partial charge < -0.3 is 10.0 Å².